The predicted molar refractivity (Wildman–Crippen MR) is 88.9 cm³/mol. The monoisotopic (exact) mass is 362 g/mol. The van der Waals surface area contributed by atoms with E-state index in [1.54, 1.807) is 13.0 Å². The number of ether oxygens (including phenoxy) is 1. The number of epoxide rings is 1. The average Bonchev–Trinajstić information content (AvgIpc) is 3.15. The number of allylic oxidation sites excluding steroid dienone is 4. The van der Waals surface area contributed by atoms with Gasteiger partial charge in [-0.15, -0.1) is 0 Å². The third-order valence-corrected chi connectivity index (χ3v) is 8.09. The minimum Gasteiger partial charge on any atom is -0.390 e. The summed E-state index contributed by atoms with van der Waals surface area (Å²) in [4.78, 5) is 24.1. The van der Waals surface area contributed by atoms with Crippen molar-refractivity contribution in [2.45, 2.75) is 62.0 Å². The van der Waals surface area contributed by atoms with Crippen LogP contribution in [-0.2, 0) is 14.3 Å². The number of Topliss-reactive ketones (excluding diaryl/α,β-unsaturated/α-hetero) is 1. The summed E-state index contributed by atoms with van der Waals surface area (Å²) in [7, 11) is 0. The van der Waals surface area contributed by atoms with Gasteiger partial charge in [0.25, 0.3) is 0 Å². The number of fused-ring (bicyclic) bond motifs is 4. The lowest BCUT2D eigenvalue weighted by Gasteiger charge is -2.59. The smallest absolute Gasteiger partial charge is 0.192 e. The fraction of sp³-hybridized carbons (Fsp3) is 0.700. The van der Waals surface area contributed by atoms with Crippen LogP contribution in [0.4, 0.5) is 4.39 Å². The molecule has 4 aliphatic carbocycles. The fourth-order valence-electron chi connectivity index (χ4n) is 6.82. The van der Waals surface area contributed by atoms with Crippen LogP contribution >= 0.6 is 0 Å². The summed E-state index contributed by atoms with van der Waals surface area (Å²) in [6, 6.07) is 0. The standard InChI is InChI=1S/C20H23FO5/c1-17-6-4-12(23)8-11(17)2-3-14-13-5-7-18(16(25)10-22)19(13,26-18)9-15(24)20(14,17)21/h4,6,8,13-15,22,24H,2-3,5,7,9-10H2,1H3/t13-,14-,15-,17-,18-,19+,20-/m0/s1. The van der Waals surface area contributed by atoms with Crippen LogP contribution < -0.4 is 0 Å². The fourth-order valence-corrected chi connectivity index (χ4v) is 6.82. The van der Waals surface area contributed by atoms with Gasteiger partial charge in [-0.25, -0.2) is 4.39 Å². The van der Waals surface area contributed by atoms with Crippen LogP contribution in [-0.4, -0.2) is 51.4 Å². The number of alkyl halides is 1. The van der Waals surface area contributed by atoms with Crippen LogP contribution in [0.25, 0.3) is 0 Å². The van der Waals surface area contributed by atoms with E-state index in [-0.39, 0.29) is 23.9 Å². The maximum atomic E-state index is 16.6. The summed E-state index contributed by atoms with van der Waals surface area (Å²) in [6.07, 6.45) is 5.55. The first-order valence-corrected chi connectivity index (χ1v) is 9.41. The van der Waals surface area contributed by atoms with Gasteiger partial charge in [-0.3, -0.25) is 9.59 Å². The lowest BCUT2D eigenvalue weighted by atomic mass is 9.48. The van der Waals surface area contributed by atoms with Gasteiger partial charge >= 0.3 is 0 Å². The molecule has 3 saturated carbocycles. The van der Waals surface area contributed by atoms with E-state index in [1.807, 2.05) is 0 Å². The first-order chi connectivity index (χ1) is 12.2. The van der Waals surface area contributed by atoms with E-state index in [4.69, 9.17) is 4.74 Å². The normalized spacial score (nSPS) is 53.9. The number of aliphatic hydroxyl groups is 2. The van der Waals surface area contributed by atoms with Gasteiger partial charge in [0.05, 0.1) is 6.10 Å². The molecule has 0 radical (unpaired) electrons. The molecule has 5 nitrogen and oxygen atoms in total. The maximum Gasteiger partial charge on any atom is 0.192 e. The van der Waals surface area contributed by atoms with Crippen molar-refractivity contribution >= 4 is 11.6 Å². The molecule has 4 fully saturated rings. The van der Waals surface area contributed by atoms with Gasteiger partial charge in [-0.2, -0.15) is 0 Å². The lowest BCUT2D eigenvalue weighted by Crippen LogP contribution is -2.66. The molecule has 0 aromatic heterocycles. The van der Waals surface area contributed by atoms with Gasteiger partial charge in [0.1, 0.15) is 12.2 Å². The second kappa shape index (κ2) is 4.72. The molecule has 5 aliphatic rings. The number of carbonyl (C=O) groups excluding carboxylic acids is 2. The predicted octanol–water partition coefficient (Wildman–Crippen LogP) is 1.42. The largest absolute Gasteiger partial charge is 0.390 e. The van der Waals surface area contributed by atoms with Crippen molar-refractivity contribution in [2.75, 3.05) is 6.61 Å². The zero-order valence-corrected chi connectivity index (χ0v) is 14.7. The van der Waals surface area contributed by atoms with Gasteiger partial charge in [-0.1, -0.05) is 11.6 Å². The van der Waals surface area contributed by atoms with E-state index < -0.39 is 40.9 Å². The molecule has 140 valence electrons. The molecule has 5 rings (SSSR count). The number of hydrogen-bond donors (Lipinski definition) is 2. The Morgan fingerprint density at radius 1 is 1.38 bits per heavy atom. The minimum atomic E-state index is -1.89. The molecule has 26 heavy (non-hydrogen) atoms. The first kappa shape index (κ1) is 16.8. The molecule has 1 aliphatic heterocycles. The lowest BCUT2D eigenvalue weighted by molar-refractivity contribution is -0.178. The van der Waals surface area contributed by atoms with E-state index in [0.29, 0.717) is 25.7 Å². The molecule has 7 atom stereocenters. The molecule has 1 heterocycles. The Morgan fingerprint density at radius 3 is 2.88 bits per heavy atom. The van der Waals surface area contributed by atoms with Crippen molar-refractivity contribution in [1.29, 1.82) is 0 Å². The molecule has 1 saturated heterocycles. The van der Waals surface area contributed by atoms with Crippen molar-refractivity contribution in [3.05, 3.63) is 23.8 Å². The highest BCUT2D eigenvalue weighted by atomic mass is 19.1. The SMILES string of the molecule is C[C@]12C=CC(=O)C=C1CC[C@H]1[C@@H]3CC[C@@]4(C(=O)CO)O[C@]34C[C@H](O)[C@@]12F. The van der Waals surface area contributed by atoms with Gasteiger partial charge in [0.15, 0.2) is 22.8 Å². The average molecular weight is 362 g/mol. The first-order valence-electron chi connectivity index (χ1n) is 9.41. The van der Waals surface area contributed by atoms with E-state index >= 15 is 4.39 Å². The van der Waals surface area contributed by atoms with Crippen molar-refractivity contribution in [3.63, 3.8) is 0 Å². The van der Waals surface area contributed by atoms with E-state index in [0.717, 1.165) is 5.57 Å². The molecule has 0 unspecified atom stereocenters. The number of carbonyl (C=O) groups is 2. The zero-order chi connectivity index (χ0) is 18.5. The van der Waals surface area contributed by atoms with Crippen molar-refractivity contribution in [1.82, 2.24) is 0 Å². The van der Waals surface area contributed by atoms with Gasteiger partial charge in [0.2, 0.25) is 0 Å². The van der Waals surface area contributed by atoms with Crippen molar-refractivity contribution < 1.29 is 28.9 Å². The Morgan fingerprint density at radius 2 is 2.15 bits per heavy atom. The number of hydrogen-bond acceptors (Lipinski definition) is 5. The molecule has 0 bridgehead atoms. The molecule has 0 aromatic rings. The Balaban J connectivity index is 1.59. The summed E-state index contributed by atoms with van der Waals surface area (Å²) < 4.78 is 22.6. The topological polar surface area (TPSA) is 87.1 Å². The van der Waals surface area contributed by atoms with Crippen molar-refractivity contribution in [2.24, 2.45) is 17.3 Å². The van der Waals surface area contributed by atoms with Crippen molar-refractivity contribution in [3.8, 4) is 0 Å². The van der Waals surface area contributed by atoms with Crippen LogP contribution in [0.15, 0.2) is 23.8 Å². The summed E-state index contributed by atoms with van der Waals surface area (Å²) in [5, 5.41) is 20.3. The summed E-state index contributed by atoms with van der Waals surface area (Å²) in [5.41, 5.74) is -4.05. The molecule has 2 N–H and O–H groups in total. The minimum absolute atomic E-state index is 0.0566. The Hall–Kier alpha value is -1.37. The Labute approximate surface area is 150 Å². The number of rotatable bonds is 2. The molecule has 6 heteroatoms. The van der Waals surface area contributed by atoms with Crippen LogP contribution in [0.1, 0.15) is 39.0 Å². The Kier molecular flexibility index (Phi) is 3.05. The molecular formula is C20H23FO5. The third-order valence-electron chi connectivity index (χ3n) is 8.09. The summed E-state index contributed by atoms with van der Waals surface area (Å²) in [6.45, 7) is 1.18. The Bertz CT molecular complexity index is 789. The van der Waals surface area contributed by atoms with E-state index in [2.05, 4.69) is 0 Å². The molecule has 1 spiro atoms. The van der Waals surface area contributed by atoms with Gasteiger partial charge < -0.3 is 14.9 Å². The van der Waals surface area contributed by atoms with E-state index in [9.17, 15) is 19.8 Å². The van der Waals surface area contributed by atoms with Crippen LogP contribution in [0, 0.1) is 17.3 Å². The van der Waals surface area contributed by atoms with Crippen LogP contribution in [0.3, 0.4) is 0 Å². The highest BCUT2D eigenvalue weighted by molar-refractivity contribution is 6.01. The molecule has 0 aromatic carbocycles. The number of halogens is 1. The van der Waals surface area contributed by atoms with Gasteiger partial charge in [-0.05, 0) is 50.7 Å². The number of ketones is 2. The summed E-state index contributed by atoms with van der Waals surface area (Å²) >= 11 is 0. The highest BCUT2D eigenvalue weighted by Crippen LogP contribution is 2.74. The number of aliphatic hydroxyl groups excluding tert-OH is 2. The molecule has 0 amide bonds. The highest BCUT2D eigenvalue weighted by Gasteiger charge is 2.85. The third kappa shape index (κ3) is 1.55. The molecular weight excluding hydrogens is 339 g/mol. The maximum absolute atomic E-state index is 16.6. The zero-order valence-electron chi connectivity index (χ0n) is 14.7. The van der Waals surface area contributed by atoms with E-state index in [1.165, 1.54) is 12.2 Å². The quantitative estimate of drug-likeness (QED) is 0.726. The summed E-state index contributed by atoms with van der Waals surface area (Å²) in [5.74, 6) is -1.09. The second-order valence-electron chi connectivity index (χ2n) is 8.79. The van der Waals surface area contributed by atoms with Crippen LogP contribution in [0.2, 0.25) is 0 Å². The van der Waals surface area contributed by atoms with Crippen LogP contribution in [0.5, 0.6) is 0 Å². The van der Waals surface area contributed by atoms with Gasteiger partial charge in [0, 0.05) is 17.8 Å². The second-order valence-corrected chi connectivity index (χ2v) is 8.79.